The van der Waals surface area contributed by atoms with Gasteiger partial charge in [-0.25, -0.2) is 0 Å². The van der Waals surface area contributed by atoms with Crippen molar-refractivity contribution >= 4 is 11.3 Å². The van der Waals surface area contributed by atoms with Crippen molar-refractivity contribution in [2.45, 2.75) is 51.0 Å². The first-order valence-electron chi connectivity index (χ1n) is 7.64. The van der Waals surface area contributed by atoms with E-state index in [4.69, 9.17) is 5.73 Å². The fraction of sp³-hybridized carbons (Fsp3) is 0.750. The second-order valence-corrected chi connectivity index (χ2v) is 7.08. The van der Waals surface area contributed by atoms with E-state index in [2.05, 4.69) is 36.4 Å². The van der Waals surface area contributed by atoms with Crippen LogP contribution in [0.1, 0.15) is 43.9 Å². The van der Waals surface area contributed by atoms with Gasteiger partial charge < -0.3 is 5.73 Å². The Bertz CT molecular complexity index is 363. The maximum Gasteiger partial charge on any atom is 0.0331 e. The molecule has 2 atom stereocenters. The summed E-state index contributed by atoms with van der Waals surface area (Å²) in [6, 6.07) is 4.38. The van der Waals surface area contributed by atoms with Crippen LogP contribution in [0.15, 0.2) is 17.5 Å². The van der Waals surface area contributed by atoms with Gasteiger partial charge in [0.1, 0.15) is 0 Å². The van der Waals surface area contributed by atoms with E-state index in [0.717, 1.165) is 25.4 Å². The Morgan fingerprint density at radius 3 is 3.00 bits per heavy atom. The van der Waals surface area contributed by atoms with E-state index < -0.39 is 0 Å². The highest BCUT2D eigenvalue weighted by Crippen LogP contribution is 2.37. The third-order valence-electron chi connectivity index (χ3n) is 4.96. The fourth-order valence-electron chi connectivity index (χ4n) is 3.47. The highest BCUT2D eigenvalue weighted by atomic mass is 32.1. The Morgan fingerprint density at radius 2 is 2.37 bits per heavy atom. The van der Waals surface area contributed by atoms with Crippen molar-refractivity contribution in [1.82, 2.24) is 4.90 Å². The normalized spacial score (nSPS) is 27.9. The quantitative estimate of drug-likeness (QED) is 0.864. The Morgan fingerprint density at radius 1 is 1.53 bits per heavy atom. The number of thiophene rings is 1. The smallest absolute Gasteiger partial charge is 0.0331 e. The van der Waals surface area contributed by atoms with Crippen molar-refractivity contribution in [3.8, 4) is 0 Å². The number of hydrogen-bond acceptors (Lipinski definition) is 3. The maximum absolute atomic E-state index is 6.17. The monoisotopic (exact) mass is 280 g/mol. The van der Waals surface area contributed by atoms with Crippen LogP contribution in [0.5, 0.6) is 0 Å². The van der Waals surface area contributed by atoms with E-state index in [1.54, 1.807) is 0 Å². The minimum Gasteiger partial charge on any atom is -0.329 e. The zero-order valence-electron chi connectivity index (χ0n) is 12.4. The first-order valence-corrected chi connectivity index (χ1v) is 8.52. The molecular weight excluding hydrogens is 252 g/mol. The lowest BCUT2D eigenvalue weighted by molar-refractivity contribution is 0.0575. The summed E-state index contributed by atoms with van der Waals surface area (Å²) in [5, 5.41) is 2.17. The first-order chi connectivity index (χ1) is 9.20. The summed E-state index contributed by atoms with van der Waals surface area (Å²) in [7, 11) is 2.28. The molecule has 2 nitrogen and oxygen atoms in total. The average molecular weight is 280 g/mol. The number of nitrogens with zero attached hydrogens (tertiary/aromatic N) is 1. The Labute approximate surface area is 122 Å². The standard InChI is InChI=1S/C16H28N2S/c1-3-14-6-4-9-16(12-14,13-17)18(2)10-8-15-7-5-11-19-15/h5,7,11,14H,3-4,6,8-10,12-13,17H2,1-2H3. The van der Waals surface area contributed by atoms with Crippen molar-refractivity contribution in [2.24, 2.45) is 11.7 Å². The highest BCUT2D eigenvalue weighted by molar-refractivity contribution is 7.09. The van der Waals surface area contributed by atoms with E-state index >= 15 is 0 Å². The lowest BCUT2D eigenvalue weighted by atomic mass is 9.74. The molecule has 1 aromatic heterocycles. The average Bonchev–Trinajstić information content (AvgIpc) is 2.97. The van der Waals surface area contributed by atoms with Crippen LogP contribution in [-0.2, 0) is 6.42 Å². The highest BCUT2D eigenvalue weighted by Gasteiger charge is 2.37. The van der Waals surface area contributed by atoms with Crippen molar-refractivity contribution in [3.05, 3.63) is 22.4 Å². The van der Waals surface area contributed by atoms with E-state index in [9.17, 15) is 0 Å². The third-order valence-corrected chi connectivity index (χ3v) is 5.90. The molecule has 2 rings (SSSR count). The molecule has 0 amide bonds. The fourth-order valence-corrected chi connectivity index (χ4v) is 4.17. The second kappa shape index (κ2) is 6.87. The number of hydrogen-bond donors (Lipinski definition) is 1. The molecule has 1 fully saturated rings. The Balaban J connectivity index is 1.95. The van der Waals surface area contributed by atoms with Crippen molar-refractivity contribution in [1.29, 1.82) is 0 Å². The van der Waals surface area contributed by atoms with Crippen LogP contribution in [0.4, 0.5) is 0 Å². The minimum absolute atomic E-state index is 0.260. The number of nitrogens with two attached hydrogens (primary N) is 1. The molecule has 0 saturated heterocycles. The SMILES string of the molecule is CCC1CCCC(CN)(N(C)CCc2cccs2)C1. The molecule has 1 saturated carbocycles. The van der Waals surface area contributed by atoms with Gasteiger partial charge in [-0.2, -0.15) is 0 Å². The Kier molecular flexibility index (Phi) is 5.43. The number of rotatable bonds is 6. The first kappa shape index (κ1) is 15.0. The van der Waals surface area contributed by atoms with Gasteiger partial charge in [-0.3, -0.25) is 4.90 Å². The summed E-state index contributed by atoms with van der Waals surface area (Å²) in [4.78, 5) is 4.04. The predicted molar refractivity (Wildman–Crippen MR) is 84.7 cm³/mol. The molecule has 2 N–H and O–H groups in total. The van der Waals surface area contributed by atoms with Crippen molar-refractivity contribution in [3.63, 3.8) is 0 Å². The largest absolute Gasteiger partial charge is 0.329 e. The van der Waals surface area contributed by atoms with Gasteiger partial charge in [-0.15, -0.1) is 11.3 Å². The van der Waals surface area contributed by atoms with E-state index in [1.165, 1.54) is 37.0 Å². The molecule has 0 bridgehead atoms. The summed E-state index contributed by atoms with van der Waals surface area (Å²) < 4.78 is 0. The lowest BCUT2D eigenvalue weighted by Gasteiger charge is -2.46. The molecule has 0 aliphatic heterocycles. The van der Waals surface area contributed by atoms with Crippen LogP contribution in [-0.4, -0.2) is 30.6 Å². The molecular formula is C16H28N2S. The van der Waals surface area contributed by atoms with Gasteiger partial charge in [0.2, 0.25) is 0 Å². The van der Waals surface area contributed by atoms with Crippen LogP contribution >= 0.6 is 11.3 Å². The van der Waals surface area contributed by atoms with Gasteiger partial charge in [-0.1, -0.05) is 32.3 Å². The predicted octanol–water partition coefficient (Wildman–Crippen LogP) is 3.52. The summed E-state index contributed by atoms with van der Waals surface area (Å²) >= 11 is 1.87. The van der Waals surface area contributed by atoms with Gasteiger partial charge in [0.05, 0.1) is 0 Å². The van der Waals surface area contributed by atoms with E-state index in [1.807, 2.05) is 11.3 Å². The molecule has 1 heterocycles. The molecule has 1 aromatic rings. The molecule has 2 unspecified atom stereocenters. The summed E-state index contributed by atoms with van der Waals surface area (Å²) in [5.41, 5.74) is 6.43. The van der Waals surface area contributed by atoms with Gasteiger partial charge in [0.25, 0.3) is 0 Å². The van der Waals surface area contributed by atoms with Crippen molar-refractivity contribution < 1.29 is 0 Å². The van der Waals surface area contributed by atoms with E-state index in [-0.39, 0.29) is 5.54 Å². The molecule has 0 radical (unpaired) electrons. The van der Waals surface area contributed by atoms with Crippen LogP contribution in [0.25, 0.3) is 0 Å². The Hall–Kier alpha value is -0.380. The summed E-state index contributed by atoms with van der Waals surface area (Å²) in [5.74, 6) is 0.876. The molecule has 108 valence electrons. The van der Waals surface area contributed by atoms with Gasteiger partial charge in [0, 0.05) is 23.5 Å². The van der Waals surface area contributed by atoms with Crippen LogP contribution in [0, 0.1) is 5.92 Å². The second-order valence-electron chi connectivity index (χ2n) is 6.05. The number of likely N-dealkylation sites (N-methyl/N-ethyl adjacent to an activating group) is 1. The summed E-state index contributed by atoms with van der Waals surface area (Å²) in [6.07, 6.45) is 7.78. The van der Waals surface area contributed by atoms with Gasteiger partial charge in [-0.05, 0) is 43.7 Å². The van der Waals surface area contributed by atoms with Crippen LogP contribution < -0.4 is 5.73 Å². The topological polar surface area (TPSA) is 29.3 Å². The maximum atomic E-state index is 6.17. The third kappa shape index (κ3) is 3.59. The van der Waals surface area contributed by atoms with E-state index in [0.29, 0.717) is 0 Å². The minimum atomic E-state index is 0.260. The van der Waals surface area contributed by atoms with Gasteiger partial charge >= 0.3 is 0 Å². The molecule has 1 aliphatic rings. The molecule has 19 heavy (non-hydrogen) atoms. The lowest BCUT2D eigenvalue weighted by Crippen LogP contribution is -2.55. The van der Waals surface area contributed by atoms with Crippen LogP contribution in [0.2, 0.25) is 0 Å². The zero-order valence-corrected chi connectivity index (χ0v) is 13.2. The molecule has 3 heteroatoms. The molecule has 0 aromatic carbocycles. The van der Waals surface area contributed by atoms with Crippen molar-refractivity contribution in [2.75, 3.05) is 20.1 Å². The molecule has 1 aliphatic carbocycles. The van der Waals surface area contributed by atoms with Gasteiger partial charge in [0.15, 0.2) is 0 Å². The van der Waals surface area contributed by atoms with Crippen LogP contribution in [0.3, 0.4) is 0 Å². The molecule has 0 spiro atoms. The zero-order chi connectivity index (χ0) is 13.7. The summed E-state index contributed by atoms with van der Waals surface area (Å²) in [6.45, 7) is 4.27.